The smallest absolute Gasteiger partial charge is 0.211 e. The second-order valence-corrected chi connectivity index (χ2v) is 6.82. The highest BCUT2D eigenvalue weighted by Gasteiger charge is 2.24. The number of hydrogen-bond acceptors (Lipinski definition) is 7. The number of benzene rings is 1. The van der Waals surface area contributed by atoms with E-state index in [9.17, 15) is 14.9 Å². The first-order valence-electron chi connectivity index (χ1n) is 7.11. The number of carbonyl (C=O) groups excluding carboxylic acids is 1. The average Bonchev–Trinajstić information content (AvgIpc) is 2.57. The molecule has 0 bridgehead atoms. The number of methoxy groups -OCH3 is 2. The van der Waals surface area contributed by atoms with E-state index in [2.05, 4.69) is 0 Å². The van der Waals surface area contributed by atoms with Gasteiger partial charge in [-0.2, -0.15) is 0 Å². The number of hydrogen-bond donors (Lipinski definition) is 0. The Balaban J connectivity index is 3.11. The summed E-state index contributed by atoms with van der Waals surface area (Å²) < 4.78 is 11.3. The molecular weight excluding hydrogens is 350 g/mol. The predicted octanol–water partition coefficient (Wildman–Crippen LogP) is 3.59. The molecule has 1 rings (SSSR count). The summed E-state index contributed by atoms with van der Waals surface area (Å²) in [4.78, 5) is 22.9. The predicted molar refractivity (Wildman–Crippen MR) is 98.9 cm³/mol. The molecule has 0 saturated carbocycles. The molecule has 0 aliphatic carbocycles. The molecule has 1 aromatic rings. The van der Waals surface area contributed by atoms with Crippen LogP contribution in [0.3, 0.4) is 0 Å². The maximum Gasteiger partial charge on any atom is 0.211 e. The minimum atomic E-state index is -0.561. The van der Waals surface area contributed by atoms with E-state index < -0.39 is 10.8 Å². The summed E-state index contributed by atoms with van der Waals surface area (Å²) in [5.41, 5.74) is 0.631. The molecule has 0 aliphatic heterocycles. The molecule has 1 atom stereocenters. The fraction of sp³-hybridized carbons (Fsp3) is 0.438. The van der Waals surface area contributed by atoms with E-state index >= 15 is 0 Å². The van der Waals surface area contributed by atoms with Crippen LogP contribution < -0.4 is 9.47 Å². The summed E-state index contributed by atoms with van der Waals surface area (Å²) in [6.07, 6.45) is 5.36. The van der Waals surface area contributed by atoms with Gasteiger partial charge in [0.05, 0.1) is 20.1 Å². The van der Waals surface area contributed by atoms with E-state index in [0.717, 1.165) is 4.24 Å². The van der Waals surface area contributed by atoms with Crippen LogP contribution in [0.4, 0.5) is 0 Å². The van der Waals surface area contributed by atoms with Crippen LogP contribution in [0, 0.1) is 10.1 Å². The Labute approximate surface area is 150 Å². The molecule has 8 heteroatoms. The lowest BCUT2D eigenvalue weighted by molar-refractivity contribution is -0.483. The number of nitro groups is 1. The maximum absolute atomic E-state index is 12.3. The molecule has 0 aliphatic rings. The summed E-state index contributed by atoms with van der Waals surface area (Å²) in [6.45, 7) is -0.337. The molecule has 0 heterocycles. The molecular formula is C16H21NO5S2. The van der Waals surface area contributed by atoms with Crippen LogP contribution in [0.25, 0.3) is 0 Å². The van der Waals surface area contributed by atoms with Gasteiger partial charge in [-0.3, -0.25) is 14.9 Å². The van der Waals surface area contributed by atoms with Crippen molar-refractivity contribution in [3.8, 4) is 11.5 Å². The van der Waals surface area contributed by atoms with Crippen molar-refractivity contribution in [3.63, 3.8) is 0 Å². The summed E-state index contributed by atoms with van der Waals surface area (Å²) in [6, 6.07) is 5.09. The largest absolute Gasteiger partial charge is 0.497 e. The average molecular weight is 371 g/mol. The second kappa shape index (κ2) is 10.2. The van der Waals surface area contributed by atoms with Crippen LogP contribution in [0.5, 0.6) is 11.5 Å². The summed E-state index contributed by atoms with van der Waals surface area (Å²) in [7, 11) is 3.02. The third-order valence-corrected chi connectivity index (χ3v) is 5.42. The number of ketones is 1. The minimum Gasteiger partial charge on any atom is -0.497 e. The van der Waals surface area contributed by atoms with Gasteiger partial charge in [0, 0.05) is 33.3 Å². The first kappa shape index (κ1) is 20.4. The van der Waals surface area contributed by atoms with Crippen LogP contribution in [0.1, 0.15) is 17.9 Å². The third kappa shape index (κ3) is 6.09. The van der Waals surface area contributed by atoms with Gasteiger partial charge in [0.2, 0.25) is 6.54 Å². The van der Waals surface area contributed by atoms with E-state index in [0.29, 0.717) is 17.1 Å². The van der Waals surface area contributed by atoms with Crippen molar-refractivity contribution in [1.29, 1.82) is 0 Å². The zero-order chi connectivity index (χ0) is 18.1. The van der Waals surface area contributed by atoms with Gasteiger partial charge in [0.15, 0.2) is 5.78 Å². The number of thioether (sulfide) groups is 2. The van der Waals surface area contributed by atoms with Crippen molar-refractivity contribution < 1.29 is 19.2 Å². The molecule has 0 N–H and O–H groups in total. The fourth-order valence-electron chi connectivity index (χ4n) is 2.24. The van der Waals surface area contributed by atoms with Crippen molar-refractivity contribution in [1.82, 2.24) is 0 Å². The van der Waals surface area contributed by atoms with Crippen LogP contribution >= 0.6 is 23.5 Å². The molecule has 24 heavy (non-hydrogen) atoms. The lowest BCUT2D eigenvalue weighted by atomic mass is 9.92. The van der Waals surface area contributed by atoms with Gasteiger partial charge in [-0.25, -0.2) is 0 Å². The van der Waals surface area contributed by atoms with Gasteiger partial charge >= 0.3 is 0 Å². The number of rotatable bonds is 10. The Hall–Kier alpha value is -1.67. The summed E-state index contributed by atoms with van der Waals surface area (Å²) in [5.74, 6) is 0.370. The number of nitrogens with zero attached hydrogens (tertiary/aromatic N) is 1. The lowest BCUT2D eigenvalue weighted by Crippen LogP contribution is -2.16. The van der Waals surface area contributed by atoms with Crippen molar-refractivity contribution in [2.24, 2.45) is 0 Å². The van der Waals surface area contributed by atoms with Crippen LogP contribution in [-0.4, -0.2) is 44.0 Å². The Bertz CT molecular complexity index is 612. The van der Waals surface area contributed by atoms with E-state index in [-0.39, 0.29) is 18.7 Å². The molecule has 0 spiro atoms. The van der Waals surface area contributed by atoms with Crippen molar-refractivity contribution in [2.45, 2.75) is 12.3 Å². The van der Waals surface area contributed by atoms with Gasteiger partial charge in [0.25, 0.3) is 0 Å². The first-order chi connectivity index (χ1) is 11.4. The molecule has 1 aromatic carbocycles. The van der Waals surface area contributed by atoms with E-state index in [4.69, 9.17) is 9.47 Å². The van der Waals surface area contributed by atoms with Gasteiger partial charge < -0.3 is 9.47 Å². The monoisotopic (exact) mass is 371 g/mol. The molecule has 1 unspecified atom stereocenters. The maximum atomic E-state index is 12.3. The molecule has 0 radical (unpaired) electrons. The molecule has 0 aromatic heterocycles. The summed E-state index contributed by atoms with van der Waals surface area (Å²) in [5, 5.41) is 11.0. The van der Waals surface area contributed by atoms with E-state index in [1.807, 2.05) is 12.5 Å². The topological polar surface area (TPSA) is 78.7 Å². The van der Waals surface area contributed by atoms with Crippen molar-refractivity contribution in [2.75, 3.05) is 33.3 Å². The quantitative estimate of drug-likeness (QED) is 0.353. The van der Waals surface area contributed by atoms with Crippen LogP contribution in [0.2, 0.25) is 0 Å². The zero-order valence-corrected chi connectivity index (χ0v) is 15.7. The van der Waals surface area contributed by atoms with Crippen LogP contribution in [-0.2, 0) is 4.79 Å². The zero-order valence-electron chi connectivity index (χ0n) is 14.1. The minimum absolute atomic E-state index is 0.0499. The fourth-order valence-corrected chi connectivity index (χ4v) is 3.41. The number of ether oxygens (including phenoxy) is 2. The summed E-state index contributed by atoms with van der Waals surface area (Å²) >= 11 is 2.95. The molecule has 0 saturated heterocycles. The van der Waals surface area contributed by atoms with Crippen LogP contribution in [0.15, 0.2) is 28.5 Å². The molecule has 0 amide bonds. The highest BCUT2D eigenvalue weighted by Crippen LogP contribution is 2.33. The van der Waals surface area contributed by atoms with Gasteiger partial charge in [-0.15, -0.1) is 23.5 Å². The standard InChI is InChI=1S/C16H21NO5S2/c1-21-13-5-6-14(15(9-13)22-2)11(10-17(19)20)7-12(18)8-16(23-3)24-4/h5-6,8-9,11H,7,10H2,1-4H3. The van der Waals surface area contributed by atoms with Gasteiger partial charge in [-0.05, 0) is 18.6 Å². The highest BCUT2D eigenvalue weighted by molar-refractivity contribution is 8.21. The molecule has 6 nitrogen and oxygen atoms in total. The Kier molecular flexibility index (Phi) is 8.70. The number of allylic oxidation sites excluding steroid dienone is 1. The SMILES string of the molecule is COc1ccc(C(CC(=O)C=C(SC)SC)C[N+](=O)[O-])c(OC)c1. The van der Waals surface area contributed by atoms with E-state index in [1.54, 1.807) is 18.2 Å². The van der Waals surface area contributed by atoms with Crippen molar-refractivity contribution in [3.05, 3.63) is 44.2 Å². The number of carbonyl (C=O) groups is 1. The Morgan fingerprint density at radius 3 is 2.46 bits per heavy atom. The van der Waals surface area contributed by atoms with Gasteiger partial charge in [0.1, 0.15) is 11.5 Å². The van der Waals surface area contributed by atoms with E-state index in [1.165, 1.54) is 43.8 Å². The van der Waals surface area contributed by atoms with Gasteiger partial charge in [-0.1, -0.05) is 6.07 Å². The highest BCUT2D eigenvalue weighted by atomic mass is 32.2. The molecule has 0 fully saturated rings. The van der Waals surface area contributed by atoms with Crippen molar-refractivity contribution >= 4 is 29.3 Å². The Morgan fingerprint density at radius 1 is 1.29 bits per heavy atom. The first-order valence-corrected chi connectivity index (χ1v) is 9.56. The third-order valence-electron chi connectivity index (χ3n) is 3.38. The lowest BCUT2D eigenvalue weighted by Gasteiger charge is -2.16. The molecule has 132 valence electrons. The Morgan fingerprint density at radius 2 is 1.96 bits per heavy atom. The second-order valence-electron chi connectivity index (χ2n) is 4.86. The normalized spacial score (nSPS) is 11.5.